The van der Waals surface area contributed by atoms with Gasteiger partial charge in [-0.15, -0.1) is 0 Å². The summed E-state index contributed by atoms with van der Waals surface area (Å²) < 4.78 is 10.6. The monoisotopic (exact) mass is 281 g/mol. The molecule has 0 radical (unpaired) electrons. The van der Waals surface area contributed by atoms with Crippen molar-refractivity contribution in [2.75, 3.05) is 37.5 Å². The van der Waals surface area contributed by atoms with E-state index in [2.05, 4.69) is 12.6 Å². The molecule has 1 aromatic rings. The number of amides is 1. The summed E-state index contributed by atoms with van der Waals surface area (Å²) in [7, 11) is 1.64. The van der Waals surface area contributed by atoms with E-state index in [0.29, 0.717) is 32.1 Å². The summed E-state index contributed by atoms with van der Waals surface area (Å²) in [4.78, 5) is 13.8. The normalized spacial score (nSPS) is 18.9. The average molecular weight is 281 g/mol. The minimum absolute atomic E-state index is 0.141. The molecule has 1 heterocycles. The average Bonchev–Trinajstić information content (AvgIpc) is 2.81. The number of ether oxygens (including phenoxy) is 2. The lowest BCUT2D eigenvalue weighted by Gasteiger charge is -2.20. The summed E-state index contributed by atoms with van der Waals surface area (Å²) in [5, 5.41) is 0. The first-order chi connectivity index (χ1) is 9.26. The lowest BCUT2D eigenvalue weighted by Crippen LogP contribution is -2.25. The zero-order chi connectivity index (χ0) is 13.7. The van der Waals surface area contributed by atoms with Crippen LogP contribution in [0.2, 0.25) is 0 Å². The molecular weight excluding hydrogens is 262 g/mol. The van der Waals surface area contributed by atoms with Crippen molar-refractivity contribution >= 4 is 24.2 Å². The van der Waals surface area contributed by atoms with Crippen LogP contribution in [0.3, 0.4) is 0 Å². The van der Waals surface area contributed by atoms with Gasteiger partial charge in [0.1, 0.15) is 12.4 Å². The van der Waals surface area contributed by atoms with E-state index in [1.165, 1.54) is 0 Å². The molecule has 1 amide bonds. The van der Waals surface area contributed by atoms with Gasteiger partial charge in [0.05, 0.1) is 12.3 Å². The topological polar surface area (TPSA) is 38.8 Å². The van der Waals surface area contributed by atoms with Gasteiger partial charge in [-0.1, -0.05) is 12.1 Å². The van der Waals surface area contributed by atoms with E-state index in [0.717, 1.165) is 17.2 Å². The number of rotatable bonds is 6. The highest BCUT2D eigenvalue weighted by Gasteiger charge is 2.31. The van der Waals surface area contributed by atoms with Crippen molar-refractivity contribution in [3.63, 3.8) is 0 Å². The Labute approximate surface area is 119 Å². The Morgan fingerprint density at radius 3 is 2.84 bits per heavy atom. The first-order valence-electron chi connectivity index (χ1n) is 6.38. The Bertz CT molecular complexity index is 438. The molecule has 2 rings (SSSR count). The third-order valence-electron chi connectivity index (χ3n) is 3.16. The maximum Gasteiger partial charge on any atom is 0.227 e. The Hall–Kier alpha value is -1.20. The van der Waals surface area contributed by atoms with Gasteiger partial charge in [0.15, 0.2) is 0 Å². The van der Waals surface area contributed by atoms with Gasteiger partial charge < -0.3 is 14.4 Å². The van der Waals surface area contributed by atoms with E-state index in [9.17, 15) is 4.79 Å². The number of para-hydroxylation sites is 2. The van der Waals surface area contributed by atoms with E-state index in [1.807, 2.05) is 24.3 Å². The van der Waals surface area contributed by atoms with Gasteiger partial charge in [-0.25, -0.2) is 0 Å². The highest BCUT2D eigenvalue weighted by Crippen LogP contribution is 2.33. The molecule has 1 unspecified atom stereocenters. The van der Waals surface area contributed by atoms with Gasteiger partial charge in [-0.3, -0.25) is 4.79 Å². The van der Waals surface area contributed by atoms with E-state index in [4.69, 9.17) is 9.47 Å². The molecule has 0 saturated carbocycles. The maximum atomic E-state index is 12.0. The number of carbonyl (C=O) groups excluding carboxylic acids is 1. The molecule has 4 nitrogen and oxygen atoms in total. The Kier molecular flexibility index (Phi) is 5.10. The summed E-state index contributed by atoms with van der Waals surface area (Å²) >= 11 is 4.28. The van der Waals surface area contributed by atoms with Crippen LogP contribution >= 0.6 is 12.6 Å². The summed E-state index contributed by atoms with van der Waals surface area (Å²) in [5.41, 5.74) is 0.841. The molecule has 1 atom stereocenters. The number of anilines is 1. The molecule has 1 saturated heterocycles. The van der Waals surface area contributed by atoms with E-state index in [-0.39, 0.29) is 5.91 Å². The predicted octanol–water partition coefficient (Wildman–Crippen LogP) is 1.99. The predicted molar refractivity (Wildman–Crippen MR) is 78.1 cm³/mol. The lowest BCUT2D eigenvalue weighted by molar-refractivity contribution is -0.117. The second-order valence-corrected chi connectivity index (χ2v) is 4.93. The molecule has 0 spiro atoms. The third-order valence-corrected chi connectivity index (χ3v) is 3.68. The Balaban J connectivity index is 2.13. The standard InChI is InChI=1S/C14H19NO3S/c1-17-6-7-18-13-5-3-2-4-12(13)15-9-11(10-19)8-14(15)16/h2-5,11,19H,6-10H2,1H3. The van der Waals surface area contributed by atoms with Crippen molar-refractivity contribution in [2.45, 2.75) is 6.42 Å². The van der Waals surface area contributed by atoms with Crippen LogP contribution in [-0.4, -0.2) is 38.5 Å². The summed E-state index contributed by atoms with van der Waals surface area (Å²) in [5.74, 6) is 1.92. The molecule has 19 heavy (non-hydrogen) atoms. The van der Waals surface area contributed by atoms with Crippen molar-refractivity contribution in [1.29, 1.82) is 0 Å². The molecular formula is C14H19NO3S. The van der Waals surface area contributed by atoms with Crippen LogP contribution in [0, 0.1) is 5.92 Å². The number of nitrogens with zero attached hydrogens (tertiary/aromatic N) is 1. The van der Waals surface area contributed by atoms with Gasteiger partial charge in [0.25, 0.3) is 0 Å². The molecule has 5 heteroatoms. The highest BCUT2D eigenvalue weighted by molar-refractivity contribution is 7.80. The first kappa shape index (κ1) is 14.2. The fraction of sp³-hybridized carbons (Fsp3) is 0.500. The third kappa shape index (κ3) is 3.42. The first-order valence-corrected chi connectivity index (χ1v) is 7.01. The van der Waals surface area contributed by atoms with Crippen LogP contribution in [0.4, 0.5) is 5.69 Å². The van der Waals surface area contributed by atoms with Crippen LogP contribution in [0.25, 0.3) is 0 Å². The number of thiol groups is 1. The van der Waals surface area contributed by atoms with Crippen LogP contribution in [0.15, 0.2) is 24.3 Å². The second-order valence-electron chi connectivity index (χ2n) is 4.57. The van der Waals surface area contributed by atoms with Crippen molar-refractivity contribution in [3.8, 4) is 5.75 Å². The van der Waals surface area contributed by atoms with Crippen LogP contribution in [-0.2, 0) is 9.53 Å². The number of carbonyl (C=O) groups is 1. The molecule has 0 N–H and O–H groups in total. The minimum Gasteiger partial charge on any atom is -0.489 e. The highest BCUT2D eigenvalue weighted by atomic mass is 32.1. The number of benzene rings is 1. The van der Waals surface area contributed by atoms with Crippen molar-refractivity contribution in [2.24, 2.45) is 5.92 Å². The number of hydrogen-bond acceptors (Lipinski definition) is 4. The fourth-order valence-electron chi connectivity index (χ4n) is 2.17. The van der Waals surface area contributed by atoms with Crippen LogP contribution in [0.5, 0.6) is 5.75 Å². The summed E-state index contributed by atoms with van der Waals surface area (Å²) in [6, 6.07) is 7.62. The van der Waals surface area contributed by atoms with E-state index >= 15 is 0 Å². The number of methoxy groups -OCH3 is 1. The van der Waals surface area contributed by atoms with Crippen LogP contribution in [0.1, 0.15) is 6.42 Å². The summed E-state index contributed by atoms with van der Waals surface area (Å²) in [6.45, 7) is 1.72. The minimum atomic E-state index is 0.141. The van der Waals surface area contributed by atoms with Gasteiger partial charge in [0, 0.05) is 20.1 Å². The fourth-order valence-corrected chi connectivity index (χ4v) is 2.42. The smallest absolute Gasteiger partial charge is 0.227 e. The van der Waals surface area contributed by atoms with E-state index < -0.39 is 0 Å². The van der Waals surface area contributed by atoms with Crippen molar-refractivity contribution < 1.29 is 14.3 Å². The SMILES string of the molecule is COCCOc1ccccc1N1CC(CS)CC1=O. The van der Waals surface area contributed by atoms with Gasteiger partial charge >= 0.3 is 0 Å². The zero-order valence-corrected chi connectivity index (χ0v) is 11.9. The Morgan fingerprint density at radius 2 is 2.16 bits per heavy atom. The van der Waals surface area contributed by atoms with Gasteiger partial charge in [0.2, 0.25) is 5.91 Å². The van der Waals surface area contributed by atoms with Gasteiger partial charge in [-0.05, 0) is 23.8 Å². The maximum absolute atomic E-state index is 12.0. The second kappa shape index (κ2) is 6.82. The van der Waals surface area contributed by atoms with Gasteiger partial charge in [-0.2, -0.15) is 12.6 Å². The summed E-state index contributed by atoms with van der Waals surface area (Å²) in [6.07, 6.45) is 0.565. The van der Waals surface area contributed by atoms with Crippen molar-refractivity contribution in [1.82, 2.24) is 0 Å². The van der Waals surface area contributed by atoms with E-state index in [1.54, 1.807) is 12.0 Å². The molecule has 104 valence electrons. The Morgan fingerprint density at radius 1 is 1.37 bits per heavy atom. The molecule has 0 aliphatic carbocycles. The number of hydrogen-bond donors (Lipinski definition) is 1. The molecule has 0 aromatic heterocycles. The molecule has 1 aliphatic rings. The molecule has 1 aliphatic heterocycles. The zero-order valence-electron chi connectivity index (χ0n) is 11.0. The quantitative estimate of drug-likeness (QED) is 0.640. The lowest BCUT2D eigenvalue weighted by atomic mass is 10.1. The molecule has 1 aromatic carbocycles. The largest absolute Gasteiger partial charge is 0.489 e. The van der Waals surface area contributed by atoms with Crippen LogP contribution < -0.4 is 9.64 Å². The molecule has 1 fully saturated rings. The van der Waals surface area contributed by atoms with Crippen molar-refractivity contribution in [3.05, 3.63) is 24.3 Å². The molecule has 0 bridgehead atoms.